The van der Waals surface area contributed by atoms with Gasteiger partial charge in [0, 0.05) is 38.5 Å². The molecular weight excluding hydrogens is 318 g/mol. The van der Waals surface area contributed by atoms with E-state index in [-0.39, 0.29) is 18.1 Å². The maximum Gasteiger partial charge on any atom is 0.237 e. The van der Waals surface area contributed by atoms with Gasteiger partial charge in [-0.15, -0.1) is 5.10 Å². The van der Waals surface area contributed by atoms with Crippen molar-refractivity contribution in [1.29, 1.82) is 0 Å². The summed E-state index contributed by atoms with van der Waals surface area (Å²) in [5, 5.41) is 11.3. The first-order chi connectivity index (χ1) is 12.1. The molecule has 2 aliphatic rings. The fourth-order valence-electron chi connectivity index (χ4n) is 3.63. The van der Waals surface area contributed by atoms with E-state index >= 15 is 0 Å². The van der Waals surface area contributed by atoms with Crippen LogP contribution in [0.2, 0.25) is 0 Å². The minimum absolute atomic E-state index is 0.0713. The summed E-state index contributed by atoms with van der Waals surface area (Å²) >= 11 is 0. The number of amides is 1. The van der Waals surface area contributed by atoms with Gasteiger partial charge < -0.3 is 15.0 Å². The second-order valence-electron chi connectivity index (χ2n) is 7.07. The molecule has 0 bridgehead atoms. The zero-order valence-electron chi connectivity index (χ0n) is 15.2. The topological polar surface area (TPSA) is 70.6 Å². The number of carbonyl (C=O) groups is 1. The van der Waals surface area contributed by atoms with Crippen molar-refractivity contribution in [2.45, 2.75) is 50.8 Å². The molecule has 2 aliphatic heterocycles. The molecule has 1 aromatic heterocycles. The molecule has 2 fully saturated rings. The van der Waals surface area contributed by atoms with Crippen LogP contribution in [0.25, 0.3) is 0 Å². The number of rotatable bonds is 7. The molecule has 0 spiro atoms. The summed E-state index contributed by atoms with van der Waals surface area (Å²) in [6.07, 6.45) is 6.28. The summed E-state index contributed by atoms with van der Waals surface area (Å²) < 4.78 is 5.57. The fraction of sp³-hybridized carbons (Fsp3) is 0.722. The van der Waals surface area contributed by atoms with E-state index in [1.165, 1.54) is 0 Å². The molecular formula is C18H29N5O2. The number of anilines is 1. The Labute approximate surface area is 149 Å². The van der Waals surface area contributed by atoms with Crippen molar-refractivity contribution in [2.24, 2.45) is 0 Å². The van der Waals surface area contributed by atoms with E-state index < -0.39 is 0 Å². The van der Waals surface area contributed by atoms with Crippen molar-refractivity contribution < 1.29 is 9.53 Å². The zero-order chi connectivity index (χ0) is 17.6. The lowest BCUT2D eigenvalue weighted by atomic mass is 10.1. The standard InChI is InChI=1S/C18H29N5O2/c1-14(18(24)19-12-16-7-5-11-25-16)22(2)13-15-6-4-10-23(15)17-8-3-9-20-21-17/h3,8-9,14-16H,4-7,10-13H2,1-2H3,(H,19,24)/t14-,15+,16+/m1/s1. The van der Waals surface area contributed by atoms with Crippen LogP contribution in [0, 0.1) is 0 Å². The van der Waals surface area contributed by atoms with E-state index in [1.54, 1.807) is 6.20 Å². The van der Waals surface area contributed by atoms with Gasteiger partial charge in [-0.2, -0.15) is 5.10 Å². The minimum atomic E-state index is -0.161. The second kappa shape index (κ2) is 8.58. The van der Waals surface area contributed by atoms with E-state index in [9.17, 15) is 4.79 Å². The second-order valence-corrected chi connectivity index (χ2v) is 7.07. The number of nitrogens with zero attached hydrogens (tertiary/aromatic N) is 4. The van der Waals surface area contributed by atoms with Crippen LogP contribution >= 0.6 is 0 Å². The van der Waals surface area contributed by atoms with Gasteiger partial charge in [0.25, 0.3) is 0 Å². The molecule has 2 saturated heterocycles. The maximum absolute atomic E-state index is 12.4. The summed E-state index contributed by atoms with van der Waals surface area (Å²) in [5.41, 5.74) is 0. The highest BCUT2D eigenvalue weighted by atomic mass is 16.5. The molecule has 1 aromatic rings. The van der Waals surface area contributed by atoms with Crippen molar-refractivity contribution >= 4 is 11.7 Å². The first-order valence-corrected chi connectivity index (χ1v) is 9.29. The van der Waals surface area contributed by atoms with Gasteiger partial charge >= 0.3 is 0 Å². The van der Waals surface area contributed by atoms with E-state index in [0.29, 0.717) is 12.6 Å². The Morgan fingerprint density at radius 1 is 1.48 bits per heavy atom. The highest BCUT2D eigenvalue weighted by Gasteiger charge is 2.29. The van der Waals surface area contributed by atoms with Crippen LogP contribution in [0.1, 0.15) is 32.6 Å². The molecule has 0 radical (unpaired) electrons. The number of carbonyl (C=O) groups excluding carboxylic acids is 1. The quantitative estimate of drug-likeness (QED) is 0.795. The molecule has 0 unspecified atom stereocenters. The molecule has 1 N–H and O–H groups in total. The fourth-order valence-corrected chi connectivity index (χ4v) is 3.63. The Bertz CT molecular complexity index is 550. The summed E-state index contributed by atoms with van der Waals surface area (Å²) in [6, 6.07) is 4.13. The number of likely N-dealkylation sites (N-methyl/N-ethyl adjacent to an activating group) is 1. The molecule has 3 rings (SSSR count). The lowest BCUT2D eigenvalue weighted by Crippen LogP contribution is -2.49. The molecule has 138 valence electrons. The molecule has 7 nitrogen and oxygen atoms in total. The molecule has 0 aliphatic carbocycles. The smallest absolute Gasteiger partial charge is 0.237 e. The molecule has 3 heterocycles. The Morgan fingerprint density at radius 3 is 3.08 bits per heavy atom. The number of hydrogen-bond donors (Lipinski definition) is 1. The van der Waals surface area contributed by atoms with E-state index in [4.69, 9.17) is 4.74 Å². The third-order valence-corrected chi connectivity index (χ3v) is 5.30. The average molecular weight is 347 g/mol. The zero-order valence-corrected chi connectivity index (χ0v) is 15.2. The summed E-state index contributed by atoms with van der Waals surface area (Å²) in [4.78, 5) is 16.9. The van der Waals surface area contributed by atoms with E-state index in [0.717, 1.165) is 51.2 Å². The van der Waals surface area contributed by atoms with Crippen LogP contribution < -0.4 is 10.2 Å². The molecule has 7 heteroatoms. The molecule has 25 heavy (non-hydrogen) atoms. The lowest BCUT2D eigenvalue weighted by molar-refractivity contribution is -0.126. The first-order valence-electron chi connectivity index (χ1n) is 9.29. The van der Waals surface area contributed by atoms with Crippen molar-refractivity contribution in [1.82, 2.24) is 20.4 Å². The third kappa shape index (κ3) is 4.67. The van der Waals surface area contributed by atoms with Crippen LogP contribution in [0.5, 0.6) is 0 Å². The van der Waals surface area contributed by atoms with Gasteiger partial charge in [-0.25, -0.2) is 0 Å². The Kier molecular flexibility index (Phi) is 6.20. The van der Waals surface area contributed by atoms with Crippen LogP contribution in [-0.2, 0) is 9.53 Å². The summed E-state index contributed by atoms with van der Waals surface area (Å²) in [7, 11) is 2.02. The summed E-state index contributed by atoms with van der Waals surface area (Å²) in [6.45, 7) is 5.23. The molecule has 1 amide bonds. The number of ether oxygens (including phenoxy) is 1. The van der Waals surface area contributed by atoms with Gasteiger partial charge in [0.2, 0.25) is 5.91 Å². The van der Waals surface area contributed by atoms with Crippen LogP contribution in [0.15, 0.2) is 18.3 Å². The normalized spacial score (nSPS) is 24.7. The van der Waals surface area contributed by atoms with Gasteiger partial charge in [0.1, 0.15) is 0 Å². The largest absolute Gasteiger partial charge is 0.376 e. The lowest BCUT2D eigenvalue weighted by Gasteiger charge is -2.31. The minimum Gasteiger partial charge on any atom is -0.376 e. The molecule has 0 aromatic carbocycles. The average Bonchev–Trinajstić information content (AvgIpc) is 3.31. The van der Waals surface area contributed by atoms with Crippen molar-refractivity contribution in [3.63, 3.8) is 0 Å². The van der Waals surface area contributed by atoms with Crippen molar-refractivity contribution in [3.8, 4) is 0 Å². The SMILES string of the molecule is C[C@H](C(=O)NC[C@@H]1CCCO1)N(C)C[C@@H]1CCCN1c1cccnn1. The van der Waals surface area contributed by atoms with Crippen LogP contribution in [-0.4, -0.2) is 72.5 Å². The van der Waals surface area contributed by atoms with Gasteiger partial charge in [0.05, 0.1) is 12.1 Å². The number of aromatic nitrogens is 2. The monoisotopic (exact) mass is 347 g/mol. The van der Waals surface area contributed by atoms with E-state index in [2.05, 4.69) is 25.3 Å². The molecule has 3 atom stereocenters. The van der Waals surface area contributed by atoms with Gasteiger partial charge in [0.15, 0.2) is 5.82 Å². The van der Waals surface area contributed by atoms with Crippen molar-refractivity contribution in [3.05, 3.63) is 18.3 Å². The maximum atomic E-state index is 12.4. The first kappa shape index (κ1) is 18.1. The predicted molar refractivity (Wildman–Crippen MR) is 96.5 cm³/mol. The highest BCUT2D eigenvalue weighted by molar-refractivity contribution is 5.81. The molecule has 0 saturated carbocycles. The Hall–Kier alpha value is -1.73. The van der Waals surface area contributed by atoms with E-state index in [1.807, 2.05) is 26.1 Å². The van der Waals surface area contributed by atoms with Crippen LogP contribution in [0.4, 0.5) is 5.82 Å². The highest BCUT2D eigenvalue weighted by Crippen LogP contribution is 2.24. The number of nitrogens with one attached hydrogen (secondary N) is 1. The Morgan fingerprint density at radius 2 is 2.36 bits per heavy atom. The summed E-state index contributed by atoms with van der Waals surface area (Å²) in [5.74, 6) is 0.996. The third-order valence-electron chi connectivity index (χ3n) is 5.30. The van der Waals surface area contributed by atoms with Gasteiger partial charge in [-0.05, 0) is 51.8 Å². The van der Waals surface area contributed by atoms with Gasteiger partial charge in [-0.3, -0.25) is 9.69 Å². The van der Waals surface area contributed by atoms with Crippen molar-refractivity contribution in [2.75, 3.05) is 38.2 Å². The Balaban J connectivity index is 1.49. The predicted octanol–water partition coefficient (Wildman–Crippen LogP) is 1.06. The van der Waals surface area contributed by atoms with Gasteiger partial charge in [-0.1, -0.05) is 0 Å². The van der Waals surface area contributed by atoms with Crippen LogP contribution in [0.3, 0.4) is 0 Å². The number of hydrogen-bond acceptors (Lipinski definition) is 6.